The van der Waals surface area contributed by atoms with Crippen molar-refractivity contribution in [2.75, 3.05) is 24.5 Å². The summed E-state index contributed by atoms with van der Waals surface area (Å²) >= 11 is 0. The van der Waals surface area contributed by atoms with Crippen LogP contribution in [-0.4, -0.2) is 31.4 Å². The molecule has 1 aromatic carbocycles. The quantitative estimate of drug-likeness (QED) is 0.791. The molecular weight excluding hydrogens is 261 g/mol. The zero-order valence-corrected chi connectivity index (χ0v) is 11.0. The van der Waals surface area contributed by atoms with Gasteiger partial charge in [-0.3, -0.25) is 9.59 Å². The lowest BCUT2D eigenvalue weighted by Crippen LogP contribution is -2.48. The smallest absolute Gasteiger partial charge is 0.243 e. The van der Waals surface area contributed by atoms with E-state index in [2.05, 4.69) is 17.2 Å². The Morgan fingerprint density at radius 2 is 2.35 bits per heavy atom. The first-order valence-corrected chi connectivity index (χ1v) is 6.30. The van der Waals surface area contributed by atoms with Crippen LogP contribution in [0.3, 0.4) is 0 Å². The van der Waals surface area contributed by atoms with Crippen molar-refractivity contribution in [2.24, 2.45) is 0 Å². The molecule has 0 unspecified atom stereocenters. The third-order valence-electron chi connectivity index (χ3n) is 3.04. The minimum Gasteiger partial charge on any atom is -0.358 e. The molecule has 0 saturated carbocycles. The Balaban J connectivity index is 2.07. The van der Waals surface area contributed by atoms with Crippen LogP contribution in [0.2, 0.25) is 0 Å². The van der Waals surface area contributed by atoms with Crippen LogP contribution in [0.25, 0.3) is 0 Å². The van der Waals surface area contributed by atoms with Crippen LogP contribution in [0.1, 0.15) is 5.56 Å². The first-order chi connectivity index (χ1) is 9.60. The highest BCUT2D eigenvalue weighted by molar-refractivity contribution is 5.86. The molecular formula is C14H16FN3O2. The van der Waals surface area contributed by atoms with Crippen LogP contribution in [0.5, 0.6) is 0 Å². The first-order valence-electron chi connectivity index (χ1n) is 6.30. The second kappa shape index (κ2) is 6.18. The number of hydrogen-bond acceptors (Lipinski definition) is 3. The van der Waals surface area contributed by atoms with Gasteiger partial charge in [-0.1, -0.05) is 12.6 Å². The van der Waals surface area contributed by atoms with Crippen molar-refractivity contribution in [2.45, 2.75) is 6.54 Å². The molecule has 0 aromatic heterocycles. The lowest BCUT2D eigenvalue weighted by molar-refractivity contribution is -0.120. The van der Waals surface area contributed by atoms with Gasteiger partial charge in [0.15, 0.2) is 0 Å². The number of amides is 2. The zero-order valence-electron chi connectivity index (χ0n) is 11.0. The monoisotopic (exact) mass is 277 g/mol. The molecule has 106 valence electrons. The predicted molar refractivity (Wildman–Crippen MR) is 73.7 cm³/mol. The van der Waals surface area contributed by atoms with Crippen LogP contribution in [0.15, 0.2) is 30.9 Å². The van der Waals surface area contributed by atoms with E-state index in [1.54, 1.807) is 17.0 Å². The topological polar surface area (TPSA) is 61.4 Å². The Labute approximate surface area is 116 Å². The van der Waals surface area contributed by atoms with Gasteiger partial charge >= 0.3 is 0 Å². The standard InChI is InChI=1S/C14H16FN3O2/c1-2-13(19)17-8-10-3-4-12(11(15)7-10)18-6-5-16-14(20)9-18/h2-4,7H,1,5-6,8-9H2,(H,16,20)(H,17,19). The normalized spacial score (nSPS) is 14.7. The number of carbonyl (C=O) groups is 2. The molecule has 2 N–H and O–H groups in total. The van der Waals surface area contributed by atoms with Gasteiger partial charge in [0.25, 0.3) is 0 Å². The molecule has 1 aliphatic rings. The number of nitrogens with zero attached hydrogens (tertiary/aromatic N) is 1. The number of hydrogen-bond donors (Lipinski definition) is 2. The Kier molecular flexibility index (Phi) is 4.34. The van der Waals surface area contributed by atoms with Gasteiger partial charge in [0.1, 0.15) is 5.82 Å². The van der Waals surface area contributed by atoms with Crippen molar-refractivity contribution in [3.05, 3.63) is 42.2 Å². The van der Waals surface area contributed by atoms with Crippen molar-refractivity contribution in [3.63, 3.8) is 0 Å². The Hall–Kier alpha value is -2.37. The predicted octanol–water partition coefficient (Wildman–Crippen LogP) is 0.564. The molecule has 6 heteroatoms. The van der Waals surface area contributed by atoms with Crippen molar-refractivity contribution < 1.29 is 14.0 Å². The molecule has 1 aliphatic heterocycles. The molecule has 2 rings (SSSR count). The Bertz CT molecular complexity index is 545. The number of piperazine rings is 1. The summed E-state index contributed by atoms with van der Waals surface area (Å²) in [4.78, 5) is 24.0. The first kappa shape index (κ1) is 14.0. The van der Waals surface area contributed by atoms with Gasteiger partial charge in [0.05, 0.1) is 12.2 Å². The fraction of sp³-hybridized carbons (Fsp3) is 0.286. The van der Waals surface area contributed by atoms with E-state index in [0.29, 0.717) is 24.3 Å². The second-order valence-electron chi connectivity index (χ2n) is 4.48. The maximum absolute atomic E-state index is 14.1. The van der Waals surface area contributed by atoms with Crippen molar-refractivity contribution in [3.8, 4) is 0 Å². The van der Waals surface area contributed by atoms with E-state index in [9.17, 15) is 14.0 Å². The average molecular weight is 277 g/mol. The van der Waals surface area contributed by atoms with Gasteiger partial charge < -0.3 is 15.5 Å². The SMILES string of the molecule is C=CC(=O)NCc1ccc(N2CCNC(=O)C2)c(F)c1. The highest BCUT2D eigenvalue weighted by atomic mass is 19.1. The summed E-state index contributed by atoms with van der Waals surface area (Å²) in [6.07, 6.45) is 1.16. The van der Waals surface area contributed by atoms with E-state index < -0.39 is 5.82 Å². The van der Waals surface area contributed by atoms with Gasteiger partial charge in [0, 0.05) is 19.6 Å². The zero-order chi connectivity index (χ0) is 14.5. The van der Waals surface area contributed by atoms with Crippen molar-refractivity contribution in [1.82, 2.24) is 10.6 Å². The summed E-state index contributed by atoms with van der Waals surface area (Å²) in [5.74, 6) is -0.815. The third-order valence-corrected chi connectivity index (χ3v) is 3.04. The van der Waals surface area contributed by atoms with Crippen molar-refractivity contribution >= 4 is 17.5 Å². The molecule has 0 atom stereocenters. The minimum absolute atomic E-state index is 0.113. The fourth-order valence-electron chi connectivity index (χ4n) is 2.02. The molecule has 2 amide bonds. The van der Waals surface area contributed by atoms with E-state index in [-0.39, 0.29) is 24.9 Å². The molecule has 0 aliphatic carbocycles. The van der Waals surface area contributed by atoms with Crippen LogP contribution in [-0.2, 0) is 16.1 Å². The van der Waals surface area contributed by atoms with Crippen LogP contribution in [0.4, 0.5) is 10.1 Å². The largest absolute Gasteiger partial charge is 0.358 e. The van der Waals surface area contributed by atoms with E-state index in [1.807, 2.05) is 0 Å². The number of carbonyl (C=O) groups excluding carboxylic acids is 2. The van der Waals surface area contributed by atoms with E-state index in [4.69, 9.17) is 0 Å². The third kappa shape index (κ3) is 3.34. The summed E-state index contributed by atoms with van der Waals surface area (Å²) in [6, 6.07) is 4.73. The molecule has 0 spiro atoms. The van der Waals surface area contributed by atoms with Gasteiger partial charge in [-0.2, -0.15) is 0 Å². The molecule has 5 nitrogen and oxygen atoms in total. The van der Waals surface area contributed by atoms with Gasteiger partial charge in [0.2, 0.25) is 11.8 Å². The highest BCUT2D eigenvalue weighted by Crippen LogP contribution is 2.21. The van der Waals surface area contributed by atoms with Crippen LogP contribution in [0, 0.1) is 5.82 Å². The summed E-state index contributed by atoms with van der Waals surface area (Å²) in [6.45, 7) is 4.82. The van der Waals surface area contributed by atoms with E-state index in [0.717, 1.165) is 6.08 Å². The maximum atomic E-state index is 14.1. The van der Waals surface area contributed by atoms with Gasteiger partial charge in [-0.15, -0.1) is 0 Å². The van der Waals surface area contributed by atoms with E-state index in [1.165, 1.54) is 6.07 Å². The van der Waals surface area contributed by atoms with Crippen molar-refractivity contribution in [1.29, 1.82) is 0 Å². The molecule has 20 heavy (non-hydrogen) atoms. The number of rotatable bonds is 4. The van der Waals surface area contributed by atoms with Gasteiger partial charge in [-0.05, 0) is 23.8 Å². The average Bonchev–Trinajstić information content (AvgIpc) is 2.44. The number of benzene rings is 1. The summed E-state index contributed by atoms with van der Waals surface area (Å²) in [5.41, 5.74) is 1.06. The maximum Gasteiger partial charge on any atom is 0.243 e. The molecule has 0 radical (unpaired) electrons. The molecule has 1 aromatic rings. The Morgan fingerprint density at radius 3 is 3.00 bits per heavy atom. The number of nitrogens with one attached hydrogen (secondary N) is 2. The molecule has 0 bridgehead atoms. The summed E-state index contributed by atoms with van der Waals surface area (Å²) in [5, 5.41) is 5.27. The number of halogens is 1. The Morgan fingerprint density at radius 1 is 1.55 bits per heavy atom. The minimum atomic E-state index is -0.398. The van der Waals surface area contributed by atoms with Crippen LogP contribution < -0.4 is 15.5 Å². The summed E-state index contributed by atoms with van der Waals surface area (Å²) in [7, 11) is 0. The number of anilines is 1. The van der Waals surface area contributed by atoms with E-state index >= 15 is 0 Å². The fourth-order valence-corrected chi connectivity index (χ4v) is 2.02. The van der Waals surface area contributed by atoms with Gasteiger partial charge in [-0.25, -0.2) is 4.39 Å². The van der Waals surface area contributed by atoms with Crippen LogP contribution >= 0.6 is 0 Å². The summed E-state index contributed by atoms with van der Waals surface area (Å²) < 4.78 is 14.1. The highest BCUT2D eigenvalue weighted by Gasteiger charge is 2.19. The molecule has 1 heterocycles. The molecule has 1 saturated heterocycles. The second-order valence-corrected chi connectivity index (χ2v) is 4.48. The lowest BCUT2D eigenvalue weighted by atomic mass is 10.1. The molecule has 1 fully saturated rings. The lowest BCUT2D eigenvalue weighted by Gasteiger charge is -2.29.